The molecule has 2 rings (SSSR count). The molecule has 1 heterocycles. The van der Waals surface area contributed by atoms with Gasteiger partial charge in [-0.25, -0.2) is 4.63 Å². The molecule has 0 saturated carbocycles. The molecule has 1 atom stereocenters. The molecular formula is C12H15N3OS. The van der Waals surface area contributed by atoms with Gasteiger partial charge >= 0.3 is 0 Å². The number of aryl methyl sites for hydroxylation is 1. The van der Waals surface area contributed by atoms with E-state index in [2.05, 4.69) is 39.2 Å². The van der Waals surface area contributed by atoms with E-state index in [0.29, 0.717) is 0 Å². The second kappa shape index (κ2) is 5.33. The highest BCUT2D eigenvalue weighted by Crippen LogP contribution is 2.24. The van der Waals surface area contributed by atoms with Gasteiger partial charge in [0.15, 0.2) is 0 Å². The maximum Gasteiger partial charge on any atom is 0.118 e. The maximum absolute atomic E-state index is 5.80. The molecule has 0 amide bonds. The molecule has 1 aromatic heterocycles. The van der Waals surface area contributed by atoms with E-state index in [1.807, 2.05) is 13.8 Å². The van der Waals surface area contributed by atoms with Crippen LogP contribution >= 0.6 is 11.8 Å². The highest BCUT2D eigenvalue weighted by atomic mass is 32.2. The fourth-order valence-corrected chi connectivity index (χ4v) is 2.29. The van der Waals surface area contributed by atoms with Crippen LogP contribution in [0, 0.1) is 6.92 Å². The smallest absolute Gasteiger partial charge is 0.118 e. The summed E-state index contributed by atoms with van der Waals surface area (Å²) in [4.78, 5) is 1.19. The van der Waals surface area contributed by atoms with Gasteiger partial charge in [-0.05, 0) is 31.5 Å². The van der Waals surface area contributed by atoms with Gasteiger partial charge in [0.1, 0.15) is 11.4 Å². The Morgan fingerprint density at radius 2 is 2.00 bits per heavy atom. The van der Waals surface area contributed by atoms with Crippen molar-refractivity contribution in [2.75, 3.05) is 0 Å². The summed E-state index contributed by atoms with van der Waals surface area (Å²) in [5.41, 5.74) is 8.69. The minimum atomic E-state index is 0.0797. The predicted octanol–water partition coefficient (Wildman–Crippen LogP) is 2.69. The van der Waals surface area contributed by atoms with Gasteiger partial charge in [0, 0.05) is 16.7 Å². The molecule has 17 heavy (non-hydrogen) atoms. The topological polar surface area (TPSA) is 64.9 Å². The van der Waals surface area contributed by atoms with Crippen LogP contribution in [0.3, 0.4) is 0 Å². The minimum Gasteiger partial charge on any atom is -0.324 e. The molecule has 2 aromatic rings. The van der Waals surface area contributed by atoms with Crippen molar-refractivity contribution >= 4 is 11.8 Å². The lowest BCUT2D eigenvalue weighted by molar-refractivity contribution is 0.302. The molecule has 0 aliphatic carbocycles. The average Bonchev–Trinajstić information content (AvgIpc) is 2.73. The molecule has 1 unspecified atom stereocenters. The standard InChI is InChI=1S/C12H15N3OS/c1-8(13)10-3-5-11(6-4-10)17-7-12-9(2)14-16-15-12/h3-6,8H,7,13H2,1-2H3. The number of hydrogen-bond acceptors (Lipinski definition) is 5. The number of benzene rings is 1. The minimum absolute atomic E-state index is 0.0797. The largest absolute Gasteiger partial charge is 0.324 e. The summed E-state index contributed by atoms with van der Waals surface area (Å²) >= 11 is 1.71. The Bertz CT molecular complexity index is 479. The van der Waals surface area contributed by atoms with Crippen LogP contribution in [-0.4, -0.2) is 10.3 Å². The van der Waals surface area contributed by atoms with E-state index in [0.717, 1.165) is 22.7 Å². The van der Waals surface area contributed by atoms with Gasteiger partial charge in [0.25, 0.3) is 0 Å². The summed E-state index contributed by atoms with van der Waals surface area (Å²) in [6.07, 6.45) is 0. The maximum atomic E-state index is 5.80. The van der Waals surface area contributed by atoms with E-state index >= 15 is 0 Å². The third-order valence-corrected chi connectivity index (χ3v) is 3.55. The van der Waals surface area contributed by atoms with Crippen molar-refractivity contribution in [2.45, 2.75) is 30.5 Å². The van der Waals surface area contributed by atoms with E-state index in [-0.39, 0.29) is 6.04 Å². The zero-order valence-electron chi connectivity index (χ0n) is 9.88. The highest BCUT2D eigenvalue weighted by molar-refractivity contribution is 7.98. The molecule has 0 radical (unpaired) electrons. The molecule has 5 heteroatoms. The van der Waals surface area contributed by atoms with Crippen LogP contribution in [0.5, 0.6) is 0 Å². The monoisotopic (exact) mass is 249 g/mol. The number of nitrogens with two attached hydrogens (primary N) is 1. The summed E-state index contributed by atoms with van der Waals surface area (Å²) in [6.45, 7) is 3.87. The van der Waals surface area contributed by atoms with Crippen LogP contribution in [0.4, 0.5) is 0 Å². The van der Waals surface area contributed by atoms with E-state index in [1.54, 1.807) is 11.8 Å². The summed E-state index contributed by atoms with van der Waals surface area (Å²) < 4.78 is 4.65. The third-order valence-electron chi connectivity index (χ3n) is 2.53. The van der Waals surface area contributed by atoms with E-state index in [1.165, 1.54) is 4.90 Å². The Balaban J connectivity index is 1.98. The summed E-state index contributed by atoms with van der Waals surface area (Å²) in [7, 11) is 0. The quantitative estimate of drug-likeness (QED) is 0.844. The number of aromatic nitrogens is 2. The van der Waals surface area contributed by atoms with Gasteiger partial charge in [0.2, 0.25) is 0 Å². The van der Waals surface area contributed by atoms with Crippen LogP contribution in [0.15, 0.2) is 33.8 Å². The van der Waals surface area contributed by atoms with Crippen molar-refractivity contribution in [2.24, 2.45) is 5.73 Å². The lowest BCUT2D eigenvalue weighted by Gasteiger charge is -2.06. The first-order chi connectivity index (χ1) is 8.16. The molecular weight excluding hydrogens is 234 g/mol. The van der Waals surface area contributed by atoms with Crippen LogP contribution < -0.4 is 5.73 Å². The SMILES string of the molecule is Cc1nonc1CSc1ccc(C(C)N)cc1. The lowest BCUT2D eigenvalue weighted by atomic mass is 10.1. The van der Waals surface area contributed by atoms with Crippen molar-refractivity contribution in [1.82, 2.24) is 10.3 Å². The number of nitrogens with zero attached hydrogens (tertiary/aromatic N) is 2. The normalized spacial score (nSPS) is 12.6. The first-order valence-electron chi connectivity index (χ1n) is 5.43. The Morgan fingerprint density at radius 1 is 1.29 bits per heavy atom. The fourth-order valence-electron chi connectivity index (χ4n) is 1.40. The molecule has 0 bridgehead atoms. The van der Waals surface area contributed by atoms with Crippen molar-refractivity contribution in [3.05, 3.63) is 41.2 Å². The Hall–Kier alpha value is -1.33. The Labute approximate surface area is 105 Å². The molecule has 0 aliphatic heterocycles. The molecule has 0 spiro atoms. The van der Waals surface area contributed by atoms with Crippen molar-refractivity contribution < 1.29 is 4.63 Å². The second-order valence-electron chi connectivity index (χ2n) is 3.94. The first kappa shape index (κ1) is 12.1. The Morgan fingerprint density at radius 3 is 2.53 bits per heavy atom. The van der Waals surface area contributed by atoms with Crippen LogP contribution in [-0.2, 0) is 5.75 Å². The van der Waals surface area contributed by atoms with Crippen molar-refractivity contribution in [3.63, 3.8) is 0 Å². The summed E-state index contributed by atoms with van der Waals surface area (Å²) in [6, 6.07) is 8.34. The Kier molecular flexibility index (Phi) is 3.81. The predicted molar refractivity (Wildman–Crippen MR) is 67.6 cm³/mol. The third kappa shape index (κ3) is 3.08. The van der Waals surface area contributed by atoms with Gasteiger partial charge < -0.3 is 5.73 Å². The van der Waals surface area contributed by atoms with E-state index in [9.17, 15) is 0 Å². The van der Waals surface area contributed by atoms with Gasteiger partial charge in [-0.2, -0.15) is 0 Å². The molecule has 2 N–H and O–H groups in total. The summed E-state index contributed by atoms with van der Waals surface area (Å²) in [5.74, 6) is 0.771. The van der Waals surface area contributed by atoms with Crippen molar-refractivity contribution in [1.29, 1.82) is 0 Å². The highest BCUT2D eigenvalue weighted by Gasteiger charge is 2.06. The van der Waals surface area contributed by atoms with Crippen LogP contribution in [0.2, 0.25) is 0 Å². The molecule has 0 aliphatic rings. The van der Waals surface area contributed by atoms with Crippen LogP contribution in [0.25, 0.3) is 0 Å². The van der Waals surface area contributed by atoms with E-state index in [4.69, 9.17) is 5.73 Å². The van der Waals surface area contributed by atoms with Gasteiger partial charge in [-0.1, -0.05) is 22.4 Å². The van der Waals surface area contributed by atoms with Crippen LogP contribution in [0.1, 0.15) is 29.9 Å². The summed E-state index contributed by atoms with van der Waals surface area (Å²) in [5, 5.41) is 7.60. The molecule has 1 aromatic carbocycles. The zero-order chi connectivity index (χ0) is 12.3. The lowest BCUT2D eigenvalue weighted by Crippen LogP contribution is -2.04. The first-order valence-corrected chi connectivity index (χ1v) is 6.42. The van der Waals surface area contributed by atoms with Crippen molar-refractivity contribution in [3.8, 4) is 0 Å². The average molecular weight is 249 g/mol. The molecule has 4 nitrogen and oxygen atoms in total. The fraction of sp³-hybridized carbons (Fsp3) is 0.333. The van der Waals surface area contributed by atoms with Gasteiger partial charge in [-0.3, -0.25) is 0 Å². The van der Waals surface area contributed by atoms with Gasteiger partial charge in [-0.15, -0.1) is 11.8 Å². The second-order valence-corrected chi connectivity index (χ2v) is 4.99. The number of rotatable bonds is 4. The number of hydrogen-bond donors (Lipinski definition) is 1. The molecule has 90 valence electrons. The molecule has 0 saturated heterocycles. The zero-order valence-corrected chi connectivity index (χ0v) is 10.7. The molecule has 0 fully saturated rings. The van der Waals surface area contributed by atoms with E-state index < -0.39 is 0 Å². The number of thioether (sulfide) groups is 1. The van der Waals surface area contributed by atoms with Gasteiger partial charge in [0.05, 0.1) is 0 Å².